The minimum Gasteiger partial charge on any atom is -0.484 e. The zero-order valence-corrected chi connectivity index (χ0v) is 8.86. The number of ether oxygens (including phenoxy) is 1. The van der Waals surface area contributed by atoms with E-state index < -0.39 is 0 Å². The smallest absolute Gasteiger partial charge is 0.272 e. The first-order valence-electron chi connectivity index (χ1n) is 4.53. The molecule has 0 radical (unpaired) electrons. The summed E-state index contributed by atoms with van der Waals surface area (Å²) < 4.78 is 5.23. The fourth-order valence-electron chi connectivity index (χ4n) is 1.03. The molecule has 0 spiro atoms. The van der Waals surface area contributed by atoms with Crippen LogP contribution in [0.4, 0.5) is 5.69 Å². The van der Waals surface area contributed by atoms with Gasteiger partial charge in [0.25, 0.3) is 5.91 Å². The van der Waals surface area contributed by atoms with Gasteiger partial charge in [-0.15, -0.1) is 0 Å². The Balaban J connectivity index is 2.40. The van der Waals surface area contributed by atoms with Crippen LogP contribution < -0.4 is 15.9 Å². The van der Waals surface area contributed by atoms with Crippen LogP contribution in [0, 0.1) is 0 Å². The third-order valence-corrected chi connectivity index (χ3v) is 1.58. The van der Waals surface area contributed by atoms with Crippen molar-refractivity contribution in [3.63, 3.8) is 0 Å². The average Bonchev–Trinajstić information content (AvgIpc) is 2.14. The van der Waals surface area contributed by atoms with Gasteiger partial charge in [-0.05, 0) is 12.1 Å². The molecule has 5 nitrogen and oxygen atoms in total. The molecule has 5 heteroatoms. The number of hydrogen-bond donors (Lipinski definition) is 2. The minimum absolute atomic E-state index is 0.0262. The van der Waals surface area contributed by atoms with Gasteiger partial charge in [0.15, 0.2) is 6.61 Å². The fraction of sp³-hybridized carbons (Fsp3) is 0.300. The van der Waals surface area contributed by atoms with E-state index in [0.29, 0.717) is 11.4 Å². The van der Waals surface area contributed by atoms with E-state index in [1.165, 1.54) is 0 Å². The molecule has 0 fully saturated rings. The first kappa shape index (κ1) is 11.3. The summed E-state index contributed by atoms with van der Waals surface area (Å²) in [6, 6.07) is 6.95. The van der Waals surface area contributed by atoms with Crippen LogP contribution in [0.15, 0.2) is 24.3 Å². The Labute approximate surface area is 88.8 Å². The highest BCUT2D eigenvalue weighted by molar-refractivity contribution is 5.76. The zero-order valence-electron chi connectivity index (χ0n) is 8.86. The normalized spacial score (nSPS) is 10.1. The van der Waals surface area contributed by atoms with Crippen LogP contribution >= 0.6 is 0 Å². The molecule has 0 atom stereocenters. The molecule has 0 saturated heterocycles. The second-order valence-electron chi connectivity index (χ2n) is 3.29. The molecule has 1 aromatic carbocycles. The first-order valence-corrected chi connectivity index (χ1v) is 4.53. The average molecular weight is 209 g/mol. The SMILES string of the molecule is CN(C)NC(=O)COc1cccc(N)c1. The van der Waals surface area contributed by atoms with E-state index in [2.05, 4.69) is 5.43 Å². The molecule has 1 rings (SSSR count). The van der Waals surface area contributed by atoms with Crippen LogP contribution in [0.1, 0.15) is 0 Å². The van der Waals surface area contributed by atoms with Gasteiger partial charge in [0, 0.05) is 25.8 Å². The van der Waals surface area contributed by atoms with Crippen LogP contribution in [-0.4, -0.2) is 31.6 Å². The van der Waals surface area contributed by atoms with Gasteiger partial charge in [0.1, 0.15) is 5.75 Å². The van der Waals surface area contributed by atoms with E-state index in [1.807, 2.05) is 0 Å². The number of carbonyl (C=O) groups excluding carboxylic acids is 1. The fourth-order valence-corrected chi connectivity index (χ4v) is 1.03. The molecule has 0 aliphatic carbocycles. The predicted octanol–water partition coefficient (Wildman–Crippen LogP) is 0.240. The van der Waals surface area contributed by atoms with Gasteiger partial charge in [-0.25, -0.2) is 5.01 Å². The number of carbonyl (C=O) groups is 1. The van der Waals surface area contributed by atoms with E-state index in [4.69, 9.17) is 10.5 Å². The lowest BCUT2D eigenvalue weighted by molar-refractivity contribution is -0.126. The second-order valence-corrected chi connectivity index (χ2v) is 3.29. The Morgan fingerprint density at radius 1 is 1.53 bits per heavy atom. The summed E-state index contributed by atoms with van der Waals surface area (Å²) in [5.41, 5.74) is 8.73. The quantitative estimate of drug-likeness (QED) is 0.550. The van der Waals surface area contributed by atoms with E-state index in [9.17, 15) is 4.79 Å². The van der Waals surface area contributed by atoms with Crippen molar-refractivity contribution in [3.05, 3.63) is 24.3 Å². The van der Waals surface area contributed by atoms with Crippen molar-refractivity contribution in [1.82, 2.24) is 10.4 Å². The number of anilines is 1. The lowest BCUT2D eigenvalue weighted by Gasteiger charge is -2.12. The lowest BCUT2D eigenvalue weighted by atomic mass is 10.3. The van der Waals surface area contributed by atoms with E-state index in [-0.39, 0.29) is 12.5 Å². The van der Waals surface area contributed by atoms with E-state index in [0.717, 1.165) is 0 Å². The molecule has 0 saturated carbocycles. The van der Waals surface area contributed by atoms with Crippen molar-refractivity contribution >= 4 is 11.6 Å². The Bertz CT molecular complexity index is 339. The maximum absolute atomic E-state index is 11.2. The molecule has 1 aromatic rings. The molecule has 0 aromatic heterocycles. The monoisotopic (exact) mass is 209 g/mol. The van der Waals surface area contributed by atoms with Crippen LogP contribution in [0.3, 0.4) is 0 Å². The number of hydrazine groups is 1. The van der Waals surface area contributed by atoms with Gasteiger partial charge >= 0.3 is 0 Å². The number of nitrogen functional groups attached to an aromatic ring is 1. The molecule has 82 valence electrons. The minimum atomic E-state index is -0.206. The van der Waals surface area contributed by atoms with Gasteiger partial charge in [-0.1, -0.05) is 6.07 Å². The van der Waals surface area contributed by atoms with E-state index in [1.54, 1.807) is 43.4 Å². The molecule has 0 aliphatic heterocycles. The molecule has 0 unspecified atom stereocenters. The van der Waals surface area contributed by atoms with Crippen LogP contribution in [0.2, 0.25) is 0 Å². The number of nitrogens with one attached hydrogen (secondary N) is 1. The summed E-state index contributed by atoms with van der Waals surface area (Å²) in [4.78, 5) is 11.2. The Kier molecular flexibility index (Phi) is 3.93. The predicted molar refractivity (Wildman–Crippen MR) is 58.2 cm³/mol. The van der Waals surface area contributed by atoms with Gasteiger partial charge in [-0.2, -0.15) is 0 Å². The summed E-state index contributed by atoms with van der Waals surface area (Å²) in [5, 5.41) is 1.56. The van der Waals surface area contributed by atoms with Crippen molar-refractivity contribution in [2.24, 2.45) is 0 Å². The highest BCUT2D eigenvalue weighted by atomic mass is 16.5. The molecule has 0 heterocycles. The topological polar surface area (TPSA) is 67.6 Å². The van der Waals surface area contributed by atoms with Gasteiger partial charge in [0.05, 0.1) is 0 Å². The second kappa shape index (κ2) is 5.21. The number of rotatable bonds is 4. The van der Waals surface area contributed by atoms with Gasteiger partial charge < -0.3 is 10.5 Å². The maximum Gasteiger partial charge on any atom is 0.272 e. The third kappa shape index (κ3) is 4.33. The Hall–Kier alpha value is -1.75. The first-order chi connectivity index (χ1) is 7.08. The maximum atomic E-state index is 11.2. The number of nitrogens with zero attached hydrogens (tertiary/aromatic N) is 1. The largest absolute Gasteiger partial charge is 0.484 e. The molecular weight excluding hydrogens is 194 g/mol. The molecule has 1 amide bonds. The molecule has 3 N–H and O–H groups in total. The van der Waals surface area contributed by atoms with Crippen molar-refractivity contribution in [2.75, 3.05) is 26.4 Å². The van der Waals surface area contributed by atoms with Gasteiger partial charge in [0.2, 0.25) is 0 Å². The Morgan fingerprint density at radius 2 is 2.27 bits per heavy atom. The Morgan fingerprint density at radius 3 is 2.87 bits per heavy atom. The summed E-state index contributed by atoms with van der Waals surface area (Å²) in [7, 11) is 3.47. The standard InChI is InChI=1S/C10H15N3O2/c1-13(2)12-10(14)7-15-9-5-3-4-8(11)6-9/h3-6H,7,11H2,1-2H3,(H,12,14). The number of hydrogen-bond acceptors (Lipinski definition) is 4. The zero-order chi connectivity index (χ0) is 11.3. The molecular formula is C10H15N3O2. The molecule has 0 aliphatic rings. The van der Waals surface area contributed by atoms with Crippen molar-refractivity contribution in [1.29, 1.82) is 0 Å². The van der Waals surface area contributed by atoms with Crippen molar-refractivity contribution in [3.8, 4) is 5.75 Å². The summed E-state index contributed by atoms with van der Waals surface area (Å²) in [6.45, 7) is -0.0262. The van der Waals surface area contributed by atoms with Crippen molar-refractivity contribution < 1.29 is 9.53 Å². The number of nitrogens with two attached hydrogens (primary N) is 1. The summed E-state index contributed by atoms with van der Waals surface area (Å²) >= 11 is 0. The van der Waals surface area contributed by atoms with E-state index >= 15 is 0 Å². The highest BCUT2D eigenvalue weighted by Crippen LogP contribution is 2.13. The number of amides is 1. The highest BCUT2D eigenvalue weighted by Gasteiger charge is 2.02. The van der Waals surface area contributed by atoms with Gasteiger partial charge in [-0.3, -0.25) is 10.2 Å². The van der Waals surface area contributed by atoms with Crippen LogP contribution in [-0.2, 0) is 4.79 Å². The molecule has 15 heavy (non-hydrogen) atoms. The number of benzene rings is 1. The summed E-state index contributed by atoms with van der Waals surface area (Å²) in [6.07, 6.45) is 0. The third-order valence-electron chi connectivity index (χ3n) is 1.58. The van der Waals surface area contributed by atoms with Crippen LogP contribution in [0.5, 0.6) is 5.75 Å². The van der Waals surface area contributed by atoms with Crippen LogP contribution in [0.25, 0.3) is 0 Å². The molecule has 0 bridgehead atoms. The van der Waals surface area contributed by atoms with Crippen molar-refractivity contribution in [2.45, 2.75) is 0 Å². The summed E-state index contributed by atoms with van der Waals surface area (Å²) in [5.74, 6) is 0.381. The lowest BCUT2D eigenvalue weighted by Crippen LogP contribution is -2.39.